The predicted molar refractivity (Wildman–Crippen MR) is 71.4 cm³/mol. The average molecular weight is 235 g/mol. The third-order valence-electron chi connectivity index (χ3n) is 4.76. The van der Waals surface area contributed by atoms with E-state index in [1.165, 1.54) is 32.1 Å². The molecule has 2 aliphatic carbocycles. The van der Waals surface area contributed by atoms with Gasteiger partial charge in [-0.25, -0.2) is 0 Å². The molecule has 1 N–H and O–H groups in total. The Morgan fingerprint density at radius 3 is 2.94 bits per heavy atom. The smallest absolute Gasteiger partial charge is 0.0672 e. The molecule has 2 aliphatic rings. The first kappa shape index (κ1) is 12.7. The van der Waals surface area contributed by atoms with Crippen LogP contribution in [0.25, 0.3) is 0 Å². The average Bonchev–Trinajstić information content (AvgIpc) is 2.32. The predicted octanol–water partition coefficient (Wildman–Crippen LogP) is 4.39. The summed E-state index contributed by atoms with van der Waals surface area (Å²) in [5, 5.41) is 12.8. The van der Waals surface area contributed by atoms with Gasteiger partial charge < -0.3 is 5.21 Å². The molecular formula is C15H25NO. The summed E-state index contributed by atoms with van der Waals surface area (Å²) < 4.78 is 0. The Balaban J connectivity index is 1.94. The number of allylic oxidation sites excluding steroid dienone is 2. The van der Waals surface area contributed by atoms with Gasteiger partial charge in [0.1, 0.15) is 0 Å². The first-order valence-electron chi connectivity index (χ1n) is 7.13. The molecule has 1 fully saturated rings. The van der Waals surface area contributed by atoms with Crippen molar-refractivity contribution < 1.29 is 5.21 Å². The lowest BCUT2D eigenvalue weighted by Gasteiger charge is -2.54. The van der Waals surface area contributed by atoms with Crippen molar-refractivity contribution in [2.45, 2.75) is 58.8 Å². The lowest BCUT2D eigenvalue weighted by molar-refractivity contribution is 0.147. The van der Waals surface area contributed by atoms with E-state index in [1.807, 2.05) is 0 Å². The standard InChI is InChI=1S/C15H25NO/c1-3-4-5-6-9-12-13-10-7-8-11-15(13,2)14(12)16-17/h7,10,12-13,17H,3-6,8-9,11H2,1-2H3/b16-14+. The minimum absolute atomic E-state index is 0.166. The second kappa shape index (κ2) is 5.24. The highest BCUT2D eigenvalue weighted by Gasteiger charge is 2.55. The molecule has 2 rings (SSSR count). The van der Waals surface area contributed by atoms with Crippen molar-refractivity contribution in [1.29, 1.82) is 0 Å². The van der Waals surface area contributed by atoms with Crippen molar-refractivity contribution in [3.63, 3.8) is 0 Å². The van der Waals surface area contributed by atoms with Crippen LogP contribution in [-0.4, -0.2) is 10.9 Å². The number of oxime groups is 1. The van der Waals surface area contributed by atoms with E-state index in [1.54, 1.807) is 0 Å². The number of hydrogen-bond acceptors (Lipinski definition) is 2. The highest BCUT2D eigenvalue weighted by molar-refractivity contribution is 5.98. The number of rotatable bonds is 5. The molecule has 3 unspecified atom stereocenters. The summed E-state index contributed by atoms with van der Waals surface area (Å²) >= 11 is 0. The summed E-state index contributed by atoms with van der Waals surface area (Å²) in [6, 6.07) is 0. The Labute approximate surface area is 105 Å². The van der Waals surface area contributed by atoms with E-state index in [0.29, 0.717) is 11.8 Å². The van der Waals surface area contributed by atoms with Gasteiger partial charge in [-0.15, -0.1) is 0 Å². The highest BCUT2D eigenvalue weighted by atomic mass is 16.4. The fourth-order valence-corrected chi connectivity index (χ4v) is 3.68. The Kier molecular flexibility index (Phi) is 3.90. The van der Waals surface area contributed by atoms with Crippen LogP contribution >= 0.6 is 0 Å². The molecule has 0 aromatic rings. The van der Waals surface area contributed by atoms with Gasteiger partial charge in [0.25, 0.3) is 0 Å². The van der Waals surface area contributed by atoms with Crippen LogP contribution in [0.3, 0.4) is 0 Å². The van der Waals surface area contributed by atoms with Crippen LogP contribution in [0.4, 0.5) is 0 Å². The second-order valence-electron chi connectivity index (χ2n) is 5.85. The van der Waals surface area contributed by atoms with Gasteiger partial charge in [0.15, 0.2) is 0 Å². The van der Waals surface area contributed by atoms with Gasteiger partial charge in [-0.3, -0.25) is 0 Å². The van der Waals surface area contributed by atoms with Crippen LogP contribution < -0.4 is 0 Å². The fourth-order valence-electron chi connectivity index (χ4n) is 3.68. The summed E-state index contributed by atoms with van der Waals surface area (Å²) in [5.74, 6) is 1.14. The summed E-state index contributed by atoms with van der Waals surface area (Å²) in [4.78, 5) is 0. The molecule has 0 bridgehead atoms. The molecule has 0 radical (unpaired) electrons. The van der Waals surface area contributed by atoms with Crippen LogP contribution in [0.2, 0.25) is 0 Å². The van der Waals surface area contributed by atoms with Crippen LogP contribution in [0.15, 0.2) is 17.3 Å². The van der Waals surface area contributed by atoms with Gasteiger partial charge in [-0.2, -0.15) is 0 Å². The van der Waals surface area contributed by atoms with Gasteiger partial charge in [-0.1, -0.05) is 56.8 Å². The number of hydrogen-bond donors (Lipinski definition) is 1. The van der Waals surface area contributed by atoms with Crippen molar-refractivity contribution in [2.75, 3.05) is 0 Å². The maximum Gasteiger partial charge on any atom is 0.0672 e. The van der Waals surface area contributed by atoms with Crippen molar-refractivity contribution in [3.05, 3.63) is 12.2 Å². The fraction of sp³-hybridized carbons (Fsp3) is 0.800. The molecule has 0 aromatic heterocycles. The van der Waals surface area contributed by atoms with Crippen LogP contribution in [0.1, 0.15) is 58.8 Å². The van der Waals surface area contributed by atoms with Crippen molar-refractivity contribution in [3.8, 4) is 0 Å². The van der Waals surface area contributed by atoms with Gasteiger partial charge >= 0.3 is 0 Å². The number of nitrogens with zero attached hydrogens (tertiary/aromatic N) is 1. The molecule has 17 heavy (non-hydrogen) atoms. The normalized spacial score (nSPS) is 37.9. The first-order chi connectivity index (χ1) is 8.24. The van der Waals surface area contributed by atoms with Crippen LogP contribution in [-0.2, 0) is 0 Å². The third-order valence-corrected chi connectivity index (χ3v) is 4.76. The molecule has 3 atom stereocenters. The van der Waals surface area contributed by atoms with E-state index in [9.17, 15) is 5.21 Å². The minimum atomic E-state index is 0.166. The molecule has 96 valence electrons. The second-order valence-corrected chi connectivity index (χ2v) is 5.85. The maximum atomic E-state index is 9.23. The van der Waals surface area contributed by atoms with E-state index in [2.05, 4.69) is 31.2 Å². The lowest BCUT2D eigenvalue weighted by atomic mass is 9.49. The zero-order valence-corrected chi connectivity index (χ0v) is 11.2. The van der Waals surface area contributed by atoms with E-state index in [-0.39, 0.29) is 5.41 Å². The molecule has 0 aromatic carbocycles. The molecule has 0 amide bonds. The molecular weight excluding hydrogens is 210 g/mol. The summed E-state index contributed by atoms with van der Waals surface area (Å²) in [6.07, 6.45) is 13.4. The molecule has 2 heteroatoms. The SMILES string of the molecule is CCCCCCC1/C(=N\O)C2(C)CCC=CC12. The quantitative estimate of drug-likeness (QED) is 0.326. The van der Waals surface area contributed by atoms with E-state index in [0.717, 1.165) is 18.6 Å². The summed E-state index contributed by atoms with van der Waals surface area (Å²) in [7, 11) is 0. The highest BCUT2D eigenvalue weighted by Crippen LogP contribution is 2.55. The minimum Gasteiger partial charge on any atom is -0.411 e. The van der Waals surface area contributed by atoms with Crippen molar-refractivity contribution in [1.82, 2.24) is 0 Å². The van der Waals surface area contributed by atoms with E-state index < -0.39 is 0 Å². The molecule has 0 heterocycles. The zero-order valence-electron chi connectivity index (χ0n) is 11.2. The monoisotopic (exact) mass is 235 g/mol. The molecule has 1 saturated carbocycles. The molecule has 2 nitrogen and oxygen atoms in total. The molecule has 0 aliphatic heterocycles. The lowest BCUT2D eigenvalue weighted by Crippen LogP contribution is -2.56. The number of fused-ring (bicyclic) bond motifs is 1. The number of unbranched alkanes of at least 4 members (excludes halogenated alkanes) is 3. The van der Waals surface area contributed by atoms with Gasteiger partial charge in [0.05, 0.1) is 5.71 Å². The van der Waals surface area contributed by atoms with Crippen molar-refractivity contribution >= 4 is 5.71 Å². The Morgan fingerprint density at radius 1 is 1.41 bits per heavy atom. The first-order valence-corrected chi connectivity index (χ1v) is 7.13. The Hall–Kier alpha value is -0.790. The van der Waals surface area contributed by atoms with Crippen LogP contribution in [0, 0.1) is 17.3 Å². The maximum absolute atomic E-state index is 9.23. The Morgan fingerprint density at radius 2 is 2.24 bits per heavy atom. The summed E-state index contributed by atoms with van der Waals surface area (Å²) in [6.45, 7) is 4.50. The van der Waals surface area contributed by atoms with E-state index in [4.69, 9.17) is 0 Å². The zero-order chi connectivity index (χ0) is 12.3. The van der Waals surface area contributed by atoms with Gasteiger partial charge in [0, 0.05) is 11.3 Å². The van der Waals surface area contributed by atoms with Gasteiger partial charge in [0.2, 0.25) is 0 Å². The topological polar surface area (TPSA) is 32.6 Å². The van der Waals surface area contributed by atoms with E-state index >= 15 is 0 Å². The summed E-state index contributed by atoms with van der Waals surface area (Å²) in [5.41, 5.74) is 1.24. The van der Waals surface area contributed by atoms with Gasteiger partial charge in [-0.05, 0) is 25.2 Å². The van der Waals surface area contributed by atoms with Crippen molar-refractivity contribution in [2.24, 2.45) is 22.4 Å². The molecule has 0 saturated heterocycles. The third kappa shape index (κ3) is 2.14. The largest absolute Gasteiger partial charge is 0.411 e. The molecule has 0 spiro atoms. The van der Waals surface area contributed by atoms with Crippen LogP contribution in [0.5, 0.6) is 0 Å². The Bertz CT molecular complexity index is 321.